The Morgan fingerprint density at radius 1 is 1.16 bits per heavy atom. The minimum Gasteiger partial charge on any atom is -0.493 e. The zero-order valence-electron chi connectivity index (χ0n) is 13.3. The van der Waals surface area contributed by atoms with E-state index in [2.05, 4.69) is 4.74 Å². The summed E-state index contributed by atoms with van der Waals surface area (Å²) in [6.07, 6.45) is 0.661. The van der Waals surface area contributed by atoms with Gasteiger partial charge in [0.1, 0.15) is 10.6 Å². The average Bonchev–Trinajstić information content (AvgIpc) is 3.08. The Morgan fingerprint density at radius 2 is 1.92 bits per heavy atom. The summed E-state index contributed by atoms with van der Waals surface area (Å²) in [7, 11) is -3.09. The van der Waals surface area contributed by atoms with Crippen LogP contribution >= 0.6 is 0 Å². The number of hydrogen-bond donors (Lipinski definition) is 1. The molecule has 0 spiro atoms. The van der Waals surface area contributed by atoms with E-state index in [4.69, 9.17) is 4.74 Å². The minimum atomic E-state index is -4.24. The molecule has 0 aliphatic carbocycles. The summed E-state index contributed by atoms with van der Waals surface area (Å²) in [5.41, 5.74) is 0.899. The molecule has 1 aliphatic heterocycles. The lowest BCUT2D eigenvalue weighted by molar-refractivity contribution is 0.0596. The highest BCUT2D eigenvalue weighted by atomic mass is 32.2. The van der Waals surface area contributed by atoms with Gasteiger partial charge in [0.15, 0.2) is 0 Å². The second-order valence-corrected chi connectivity index (χ2v) is 6.99. The number of carbonyl (C=O) groups excluding carboxylic acids is 2. The number of amides is 1. The summed E-state index contributed by atoms with van der Waals surface area (Å²) in [4.78, 5) is 23.8. The third-order valence-corrected chi connectivity index (χ3v) is 5.15. The first-order valence-corrected chi connectivity index (χ1v) is 8.91. The van der Waals surface area contributed by atoms with Crippen molar-refractivity contribution < 1.29 is 27.5 Å². The topological polar surface area (TPSA) is 98.8 Å². The number of nitrogens with one attached hydrogen (secondary N) is 1. The number of carbonyl (C=O) groups is 2. The molecule has 1 heterocycles. The molecule has 7 nitrogen and oxygen atoms in total. The van der Waals surface area contributed by atoms with Crippen LogP contribution in [0.4, 0.5) is 0 Å². The van der Waals surface area contributed by atoms with Crippen molar-refractivity contribution in [2.45, 2.75) is 11.3 Å². The standard InChI is InChI=1S/C17H15NO6S/c1-23-17(20)13-4-2-3-5-15(13)25(21,22)18-16(19)12-6-7-14-11(10-12)8-9-24-14/h2-7,10H,8-9H2,1H3,(H,18,19). The SMILES string of the molecule is COC(=O)c1ccccc1S(=O)(=O)NC(=O)c1ccc2c(c1)CCO2. The molecule has 2 aromatic rings. The van der Waals surface area contributed by atoms with E-state index in [1.807, 2.05) is 4.72 Å². The van der Waals surface area contributed by atoms with Gasteiger partial charge in [0.25, 0.3) is 15.9 Å². The van der Waals surface area contributed by atoms with Gasteiger partial charge in [0, 0.05) is 12.0 Å². The monoisotopic (exact) mass is 361 g/mol. The largest absolute Gasteiger partial charge is 0.493 e. The Morgan fingerprint density at radius 3 is 2.68 bits per heavy atom. The molecule has 0 unspecified atom stereocenters. The van der Waals surface area contributed by atoms with Crippen LogP contribution in [0.2, 0.25) is 0 Å². The number of benzene rings is 2. The molecule has 1 N–H and O–H groups in total. The average molecular weight is 361 g/mol. The van der Waals surface area contributed by atoms with Gasteiger partial charge in [-0.25, -0.2) is 17.9 Å². The van der Waals surface area contributed by atoms with Gasteiger partial charge in [-0.3, -0.25) is 4.79 Å². The van der Waals surface area contributed by atoms with E-state index < -0.39 is 21.9 Å². The molecule has 0 bridgehead atoms. The number of esters is 1. The first-order valence-electron chi connectivity index (χ1n) is 7.42. The van der Waals surface area contributed by atoms with E-state index >= 15 is 0 Å². The molecule has 3 rings (SSSR count). The normalized spacial score (nSPS) is 12.8. The highest BCUT2D eigenvalue weighted by Crippen LogP contribution is 2.26. The van der Waals surface area contributed by atoms with Gasteiger partial charge in [-0.05, 0) is 35.9 Å². The fourth-order valence-corrected chi connectivity index (χ4v) is 3.71. The second-order valence-electron chi connectivity index (χ2n) is 5.34. The van der Waals surface area contributed by atoms with Crippen LogP contribution in [-0.2, 0) is 21.2 Å². The van der Waals surface area contributed by atoms with Crippen molar-refractivity contribution >= 4 is 21.9 Å². The second kappa shape index (κ2) is 6.56. The Labute approximate surface area is 144 Å². The molecular formula is C17H15NO6S. The molecule has 0 atom stereocenters. The lowest BCUT2D eigenvalue weighted by Crippen LogP contribution is -2.31. The minimum absolute atomic E-state index is 0.146. The first-order chi connectivity index (χ1) is 11.9. The van der Waals surface area contributed by atoms with Crippen molar-refractivity contribution in [3.63, 3.8) is 0 Å². The Kier molecular flexibility index (Phi) is 4.45. The van der Waals surface area contributed by atoms with Crippen molar-refractivity contribution in [3.8, 4) is 5.75 Å². The van der Waals surface area contributed by atoms with E-state index in [1.165, 1.54) is 30.3 Å². The highest BCUT2D eigenvalue weighted by molar-refractivity contribution is 7.90. The quantitative estimate of drug-likeness (QED) is 0.829. The Bertz CT molecular complexity index is 951. The number of ether oxygens (including phenoxy) is 2. The summed E-state index contributed by atoms with van der Waals surface area (Å²) < 4.78 is 37.0. The fourth-order valence-electron chi connectivity index (χ4n) is 2.54. The molecule has 0 aromatic heterocycles. The molecular weight excluding hydrogens is 346 g/mol. The molecule has 1 aliphatic rings. The number of hydrogen-bond acceptors (Lipinski definition) is 6. The summed E-state index contributed by atoms with van der Waals surface area (Å²) in [6.45, 7) is 0.533. The van der Waals surface area contributed by atoms with Crippen LogP contribution in [-0.4, -0.2) is 34.0 Å². The van der Waals surface area contributed by atoms with Gasteiger partial charge in [-0.15, -0.1) is 0 Å². The van der Waals surface area contributed by atoms with Gasteiger partial charge in [-0.2, -0.15) is 0 Å². The van der Waals surface area contributed by atoms with Gasteiger partial charge in [0.05, 0.1) is 19.3 Å². The maximum absolute atomic E-state index is 12.5. The van der Waals surface area contributed by atoms with Crippen LogP contribution in [0, 0.1) is 0 Å². The van der Waals surface area contributed by atoms with Gasteiger partial charge in [0.2, 0.25) is 0 Å². The molecule has 2 aromatic carbocycles. The van der Waals surface area contributed by atoms with Crippen molar-refractivity contribution in [2.24, 2.45) is 0 Å². The molecule has 0 saturated heterocycles. The third kappa shape index (κ3) is 3.34. The zero-order chi connectivity index (χ0) is 18.0. The van der Waals surface area contributed by atoms with Gasteiger partial charge in [-0.1, -0.05) is 12.1 Å². The molecule has 0 fully saturated rings. The third-order valence-electron chi connectivity index (χ3n) is 3.76. The molecule has 8 heteroatoms. The highest BCUT2D eigenvalue weighted by Gasteiger charge is 2.25. The number of methoxy groups -OCH3 is 1. The van der Waals surface area contributed by atoms with Crippen LogP contribution in [0.15, 0.2) is 47.4 Å². The van der Waals surface area contributed by atoms with Crippen LogP contribution < -0.4 is 9.46 Å². The van der Waals surface area contributed by atoms with Crippen molar-refractivity contribution in [2.75, 3.05) is 13.7 Å². The van der Waals surface area contributed by atoms with Crippen LogP contribution in [0.3, 0.4) is 0 Å². The molecule has 130 valence electrons. The number of fused-ring (bicyclic) bond motifs is 1. The van der Waals surface area contributed by atoms with Gasteiger partial charge >= 0.3 is 5.97 Å². The molecule has 25 heavy (non-hydrogen) atoms. The summed E-state index contributed by atoms with van der Waals surface area (Å²) in [6, 6.07) is 10.2. The van der Waals surface area contributed by atoms with E-state index in [-0.39, 0.29) is 16.0 Å². The predicted octanol–water partition coefficient (Wildman–Crippen LogP) is 1.53. The summed E-state index contributed by atoms with van der Waals surface area (Å²) in [5, 5.41) is 0. The Hall–Kier alpha value is -2.87. The van der Waals surface area contributed by atoms with Crippen LogP contribution in [0.5, 0.6) is 5.75 Å². The molecule has 1 amide bonds. The number of rotatable bonds is 4. The predicted molar refractivity (Wildman–Crippen MR) is 88.1 cm³/mol. The van der Waals surface area contributed by atoms with Crippen molar-refractivity contribution in [1.82, 2.24) is 4.72 Å². The van der Waals surface area contributed by atoms with Crippen molar-refractivity contribution in [1.29, 1.82) is 0 Å². The van der Waals surface area contributed by atoms with E-state index in [0.717, 1.165) is 12.7 Å². The van der Waals surface area contributed by atoms with Crippen LogP contribution in [0.1, 0.15) is 26.3 Å². The van der Waals surface area contributed by atoms with Crippen LogP contribution in [0.25, 0.3) is 0 Å². The fraction of sp³-hybridized carbons (Fsp3) is 0.176. The number of sulfonamides is 1. The summed E-state index contributed by atoms with van der Waals surface area (Å²) in [5.74, 6) is -0.895. The van der Waals surface area contributed by atoms with E-state index in [0.29, 0.717) is 18.8 Å². The lowest BCUT2D eigenvalue weighted by Gasteiger charge is -2.10. The molecule has 0 saturated carbocycles. The lowest BCUT2D eigenvalue weighted by atomic mass is 10.1. The summed E-state index contributed by atoms with van der Waals surface area (Å²) >= 11 is 0. The molecule has 0 radical (unpaired) electrons. The van der Waals surface area contributed by atoms with E-state index in [9.17, 15) is 18.0 Å². The van der Waals surface area contributed by atoms with E-state index in [1.54, 1.807) is 12.1 Å². The first kappa shape index (κ1) is 17.0. The van der Waals surface area contributed by atoms with Gasteiger partial charge < -0.3 is 9.47 Å². The maximum Gasteiger partial charge on any atom is 0.339 e. The smallest absolute Gasteiger partial charge is 0.339 e. The zero-order valence-corrected chi connectivity index (χ0v) is 14.1. The van der Waals surface area contributed by atoms with Crippen molar-refractivity contribution in [3.05, 3.63) is 59.2 Å². The Balaban J connectivity index is 1.89. The maximum atomic E-state index is 12.5.